The molecule has 0 aromatic carbocycles. The van der Waals surface area contributed by atoms with Gasteiger partial charge in [-0.15, -0.1) is 0 Å². The Morgan fingerprint density at radius 3 is 2.23 bits per heavy atom. The van der Waals surface area contributed by atoms with E-state index in [0.717, 1.165) is 6.92 Å². The van der Waals surface area contributed by atoms with E-state index < -0.39 is 87.5 Å². The van der Waals surface area contributed by atoms with Gasteiger partial charge in [-0.2, -0.15) is 0 Å². The number of ether oxygens (including phenoxy) is 3. The van der Waals surface area contributed by atoms with E-state index in [1.165, 1.54) is 6.92 Å². The van der Waals surface area contributed by atoms with Crippen molar-refractivity contribution < 1.29 is 49.3 Å². The average molecular weight is 499 g/mol. The Morgan fingerprint density at radius 2 is 1.66 bits per heavy atom. The minimum atomic E-state index is -2.13. The zero-order valence-electron chi connectivity index (χ0n) is 21.1. The van der Waals surface area contributed by atoms with Crippen molar-refractivity contribution in [2.45, 2.75) is 120 Å². The molecule has 5 fully saturated rings. The molecule has 0 amide bonds. The van der Waals surface area contributed by atoms with Crippen molar-refractivity contribution in [3.05, 3.63) is 0 Å². The minimum Gasteiger partial charge on any atom is -0.458 e. The summed E-state index contributed by atoms with van der Waals surface area (Å²) in [6.45, 7) is 9.13. The van der Waals surface area contributed by atoms with Crippen molar-refractivity contribution in [1.82, 2.24) is 0 Å². The largest absolute Gasteiger partial charge is 0.458 e. The second kappa shape index (κ2) is 6.96. The molecule has 4 saturated carbocycles. The van der Waals surface area contributed by atoms with E-state index in [-0.39, 0.29) is 25.7 Å². The minimum absolute atomic E-state index is 0.0333. The summed E-state index contributed by atoms with van der Waals surface area (Å²) in [5.41, 5.74) is -10.6. The predicted octanol–water partition coefficient (Wildman–Crippen LogP) is -0.198. The van der Waals surface area contributed by atoms with Gasteiger partial charge >= 0.3 is 11.9 Å². The van der Waals surface area contributed by atoms with Gasteiger partial charge < -0.3 is 39.7 Å². The third-order valence-electron chi connectivity index (χ3n) is 10.5. The first-order chi connectivity index (χ1) is 15.9. The van der Waals surface area contributed by atoms with Crippen molar-refractivity contribution in [3.8, 4) is 0 Å². The molecular weight excluding hydrogens is 460 g/mol. The van der Waals surface area contributed by atoms with Crippen molar-refractivity contribution in [1.29, 1.82) is 0 Å². The Balaban J connectivity index is 1.85. The number of carbonyl (C=O) groups excluding carboxylic acids is 2. The van der Waals surface area contributed by atoms with Gasteiger partial charge in [0.15, 0.2) is 12.2 Å². The molecular formula is C25H38O10. The van der Waals surface area contributed by atoms with Crippen LogP contribution in [0.15, 0.2) is 0 Å². The summed E-state index contributed by atoms with van der Waals surface area (Å²) in [5.74, 6) is -3.28. The number of aliphatic hydroxyl groups excluding tert-OH is 1. The van der Waals surface area contributed by atoms with E-state index in [9.17, 15) is 35.1 Å². The Morgan fingerprint density at radius 1 is 1.03 bits per heavy atom. The molecule has 0 radical (unpaired) electrons. The second-order valence-corrected chi connectivity index (χ2v) is 12.5. The summed E-state index contributed by atoms with van der Waals surface area (Å²) in [6.07, 6.45) is -5.77. The van der Waals surface area contributed by atoms with E-state index in [1.54, 1.807) is 27.7 Å². The third-order valence-corrected chi connectivity index (χ3v) is 10.5. The molecule has 10 heteroatoms. The van der Waals surface area contributed by atoms with Crippen LogP contribution in [0.5, 0.6) is 0 Å². The van der Waals surface area contributed by atoms with Gasteiger partial charge in [0.2, 0.25) is 0 Å². The predicted molar refractivity (Wildman–Crippen MR) is 119 cm³/mol. The summed E-state index contributed by atoms with van der Waals surface area (Å²) >= 11 is 0. The highest BCUT2D eigenvalue weighted by Crippen LogP contribution is 2.74. The average Bonchev–Trinajstić information content (AvgIpc) is 3.46. The van der Waals surface area contributed by atoms with Gasteiger partial charge in [0.05, 0.1) is 40.8 Å². The third kappa shape index (κ3) is 2.66. The van der Waals surface area contributed by atoms with Gasteiger partial charge in [0.1, 0.15) is 11.2 Å². The lowest BCUT2D eigenvalue weighted by Crippen LogP contribution is -2.72. The van der Waals surface area contributed by atoms with Crippen LogP contribution in [0.2, 0.25) is 0 Å². The first kappa shape index (κ1) is 25.4. The standard InChI is InChI=1S/C25H38O10/c1-7-13(27)34-19-18(33-11(2)26)23-10-21(5,29)12(16(23)28)8-9-24(23,31)22(6,30)15-14-17(35-14)20(3,4)25(15,19)32/h12,14-19,28-32H,7-10H2,1-6H3. The van der Waals surface area contributed by atoms with Crippen molar-refractivity contribution >= 4 is 11.9 Å². The number of hydrogen-bond donors (Lipinski definition) is 5. The normalized spacial score (nSPS) is 57.4. The highest BCUT2D eigenvalue weighted by Gasteiger charge is 2.89. The van der Waals surface area contributed by atoms with E-state index in [4.69, 9.17) is 14.2 Å². The first-order valence-corrected chi connectivity index (χ1v) is 12.5. The zero-order chi connectivity index (χ0) is 26.1. The highest BCUT2D eigenvalue weighted by molar-refractivity contribution is 5.70. The van der Waals surface area contributed by atoms with Crippen LogP contribution in [-0.4, -0.2) is 90.4 Å². The molecule has 1 heterocycles. The Kier molecular flexibility index (Phi) is 5.04. The molecule has 4 aliphatic carbocycles. The van der Waals surface area contributed by atoms with Gasteiger partial charge in [-0.3, -0.25) is 9.59 Å². The van der Waals surface area contributed by atoms with Crippen molar-refractivity contribution in [2.75, 3.05) is 0 Å². The molecule has 1 aliphatic heterocycles. The number of fused-ring (bicyclic) bond motifs is 4. The van der Waals surface area contributed by atoms with Crippen LogP contribution in [0.3, 0.4) is 0 Å². The summed E-state index contributed by atoms with van der Waals surface area (Å²) < 4.78 is 17.5. The lowest BCUT2D eigenvalue weighted by molar-refractivity contribution is -0.289. The SMILES string of the molecule is CCC(=O)OC1C(OC(C)=O)C23CC(C)(O)C(CCC2(O)C(C)(O)C2C4OC4C(C)(C)C12O)C3O. The summed E-state index contributed by atoms with van der Waals surface area (Å²) in [5, 5.41) is 60.4. The molecule has 10 nitrogen and oxygen atoms in total. The maximum Gasteiger partial charge on any atom is 0.306 e. The summed E-state index contributed by atoms with van der Waals surface area (Å²) in [4.78, 5) is 25.2. The fourth-order valence-electron chi connectivity index (χ4n) is 8.82. The molecule has 5 aliphatic rings. The number of epoxide rings is 1. The molecule has 1 spiro atoms. The Bertz CT molecular complexity index is 960. The number of hydrogen-bond acceptors (Lipinski definition) is 10. The molecule has 12 atom stereocenters. The Labute approximate surface area is 204 Å². The smallest absolute Gasteiger partial charge is 0.306 e. The second-order valence-electron chi connectivity index (χ2n) is 12.5. The molecule has 5 N–H and O–H groups in total. The quantitative estimate of drug-likeness (QED) is 0.260. The topological polar surface area (TPSA) is 166 Å². The molecule has 198 valence electrons. The molecule has 0 aromatic heterocycles. The molecule has 12 unspecified atom stereocenters. The lowest BCUT2D eigenvalue weighted by atomic mass is 9.53. The summed E-state index contributed by atoms with van der Waals surface area (Å²) in [7, 11) is 0. The molecule has 1 saturated heterocycles. The van der Waals surface area contributed by atoms with E-state index in [2.05, 4.69) is 0 Å². The maximum atomic E-state index is 12.7. The molecule has 2 bridgehead atoms. The van der Waals surface area contributed by atoms with Crippen LogP contribution >= 0.6 is 0 Å². The van der Waals surface area contributed by atoms with Crippen LogP contribution in [0.1, 0.15) is 67.2 Å². The van der Waals surface area contributed by atoms with Gasteiger partial charge in [0, 0.05) is 24.7 Å². The van der Waals surface area contributed by atoms with E-state index in [0.29, 0.717) is 0 Å². The fraction of sp³-hybridized carbons (Fsp3) is 0.920. The number of esters is 2. The first-order valence-electron chi connectivity index (χ1n) is 12.5. The molecule has 0 aromatic rings. The van der Waals surface area contributed by atoms with Gasteiger partial charge in [0.25, 0.3) is 0 Å². The highest BCUT2D eigenvalue weighted by atomic mass is 16.6. The number of aliphatic hydroxyl groups is 5. The van der Waals surface area contributed by atoms with Crippen LogP contribution in [0.4, 0.5) is 0 Å². The number of carbonyl (C=O) groups is 2. The van der Waals surface area contributed by atoms with Crippen LogP contribution in [0, 0.1) is 22.7 Å². The maximum absolute atomic E-state index is 12.7. The van der Waals surface area contributed by atoms with E-state index in [1.807, 2.05) is 0 Å². The molecule has 35 heavy (non-hydrogen) atoms. The van der Waals surface area contributed by atoms with Crippen LogP contribution in [0.25, 0.3) is 0 Å². The monoisotopic (exact) mass is 498 g/mol. The van der Waals surface area contributed by atoms with Crippen molar-refractivity contribution in [2.24, 2.45) is 22.7 Å². The van der Waals surface area contributed by atoms with Crippen molar-refractivity contribution in [3.63, 3.8) is 0 Å². The van der Waals surface area contributed by atoms with Gasteiger partial charge in [-0.1, -0.05) is 20.8 Å². The molecule has 5 rings (SSSR count). The number of rotatable bonds is 3. The summed E-state index contributed by atoms with van der Waals surface area (Å²) in [6, 6.07) is 0. The van der Waals surface area contributed by atoms with E-state index >= 15 is 0 Å². The zero-order valence-corrected chi connectivity index (χ0v) is 21.1. The van der Waals surface area contributed by atoms with Crippen LogP contribution in [-0.2, 0) is 23.8 Å². The Hall–Kier alpha value is -1.30. The van der Waals surface area contributed by atoms with Gasteiger partial charge in [-0.25, -0.2) is 0 Å². The lowest BCUT2D eigenvalue weighted by Gasteiger charge is -2.58. The fourth-order valence-corrected chi connectivity index (χ4v) is 8.82. The van der Waals surface area contributed by atoms with Gasteiger partial charge in [-0.05, 0) is 33.1 Å². The van der Waals surface area contributed by atoms with Crippen LogP contribution < -0.4 is 0 Å².